The Morgan fingerprint density at radius 2 is 1.93 bits per heavy atom. The molecule has 2 aliphatic heterocycles. The van der Waals surface area contributed by atoms with Crippen molar-refractivity contribution < 1.29 is 29.6 Å². The Kier molecular flexibility index (Phi) is 5.64. The standard InChI is InChI=1S/C23H25ClO6/c1-2-29-17-6-3-14(4-7-17)9-15-10-16(5-8-18(15)24)22-11-19(26)21(28)23(13-25,30-22)20(27)12-22/h3-8,10,19,21,25-26,28H,2,9,11-13H2,1H3/t19?,21-,22-,23-/m0/s1. The molecule has 0 amide bonds. The fourth-order valence-corrected chi connectivity index (χ4v) is 4.71. The summed E-state index contributed by atoms with van der Waals surface area (Å²) in [5.41, 5.74) is -0.293. The SMILES string of the molecule is CCOc1ccc(Cc2cc([C@]34CC(=O)[C@](CO)(O3)[C@@H](O)C(O)C4)ccc2Cl)cc1. The van der Waals surface area contributed by atoms with Gasteiger partial charge in [-0.3, -0.25) is 4.79 Å². The average molecular weight is 433 g/mol. The van der Waals surface area contributed by atoms with Crippen molar-refractivity contribution in [3.8, 4) is 5.75 Å². The first kappa shape index (κ1) is 21.3. The summed E-state index contributed by atoms with van der Waals surface area (Å²) in [7, 11) is 0. The highest BCUT2D eigenvalue weighted by molar-refractivity contribution is 6.31. The molecule has 0 saturated carbocycles. The maximum Gasteiger partial charge on any atom is 0.178 e. The predicted molar refractivity (Wildman–Crippen MR) is 111 cm³/mol. The first-order valence-corrected chi connectivity index (χ1v) is 10.4. The third-order valence-electron chi connectivity index (χ3n) is 6.11. The van der Waals surface area contributed by atoms with Crippen LogP contribution in [0.1, 0.15) is 36.5 Å². The van der Waals surface area contributed by atoms with Crippen LogP contribution in [0.25, 0.3) is 0 Å². The van der Waals surface area contributed by atoms with E-state index in [1.165, 1.54) is 0 Å². The predicted octanol–water partition coefficient (Wildman–Crippen LogP) is 2.37. The smallest absolute Gasteiger partial charge is 0.178 e. The molecule has 2 aromatic rings. The summed E-state index contributed by atoms with van der Waals surface area (Å²) in [6, 6.07) is 13.2. The molecule has 2 heterocycles. The van der Waals surface area contributed by atoms with Crippen LogP contribution in [0, 0.1) is 0 Å². The number of aliphatic hydroxyl groups is 3. The van der Waals surface area contributed by atoms with E-state index in [4.69, 9.17) is 21.1 Å². The summed E-state index contributed by atoms with van der Waals surface area (Å²) >= 11 is 6.44. The summed E-state index contributed by atoms with van der Waals surface area (Å²) < 4.78 is 11.5. The van der Waals surface area contributed by atoms with Gasteiger partial charge in [-0.15, -0.1) is 0 Å². The lowest BCUT2D eigenvalue weighted by Gasteiger charge is -2.44. The second-order valence-electron chi connectivity index (χ2n) is 8.02. The van der Waals surface area contributed by atoms with Gasteiger partial charge in [0.2, 0.25) is 0 Å². The number of fused-ring (bicyclic) bond motifs is 2. The quantitative estimate of drug-likeness (QED) is 0.648. The fraction of sp³-hybridized carbons (Fsp3) is 0.435. The molecule has 0 aromatic heterocycles. The van der Waals surface area contributed by atoms with E-state index >= 15 is 0 Å². The van der Waals surface area contributed by atoms with E-state index in [0.717, 1.165) is 16.9 Å². The van der Waals surface area contributed by atoms with E-state index in [9.17, 15) is 20.1 Å². The maximum absolute atomic E-state index is 12.7. The molecular weight excluding hydrogens is 408 g/mol. The lowest BCUT2D eigenvalue weighted by atomic mass is 9.83. The molecule has 0 radical (unpaired) electrons. The molecule has 2 aliphatic rings. The zero-order valence-corrected chi connectivity index (χ0v) is 17.4. The van der Waals surface area contributed by atoms with Crippen LogP contribution in [0.2, 0.25) is 5.02 Å². The van der Waals surface area contributed by atoms with Gasteiger partial charge in [0.15, 0.2) is 11.4 Å². The topological polar surface area (TPSA) is 96.2 Å². The Labute approximate surface area is 180 Å². The Hall–Kier alpha value is -1.96. The van der Waals surface area contributed by atoms with E-state index in [1.54, 1.807) is 12.1 Å². The molecule has 2 saturated heterocycles. The van der Waals surface area contributed by atoms with Gasteiger partial charge in [0.25, 0.3) is 0 Å². The minimum absolute atomic E-state index is 0.0220. The number of Topliss-reactive ketones (excluding diaryl/α,β-unsaturated/α-hetero) is 1. The van der Waals surface area contributed by atoms with Gasteiger partial charge in [0, 0.05) is 17.9 Å². The summed E-state index contributed by atoms with van der Waals surface area (Å²) in [5, 5.41) is 31.1. The van der Waals surface area contributed by atoms with Crippen molar-refractivity contribution >= 4 is 17.4 Å². The third-order valence-corrected chi connectivity index (χ3v) is 6.48. The molecule has 2 aromatic carbocycles. The molecule has 3 N–H and O–H groups in total. The van der Waals surface area contributed by atoms with Crippen LogP contribution in [0.4, 0.5) is 0 Å². The minimum Gasteiger partial charge on any atom is -0.494 e. The van der Waals surface area contributed by atoms with E-state index in [2.05, 4.69) is 0 Å². The normalized spacial score (nSPS) is 30.5. The van der Waals surface area contributed by atoms with Gasteiger partial charge < -0.3 is 24.8 Å². The number of ketones is 1. The number of benzene rings is 2. The summed E-state index contributed by atoms with van der Waals surface area (Å²) in [4.78, 5) is 12.7. The highest BCUT2D eigenvalue weighted by Crippen LogP contribution is 2.52. The van der Waals surface area contributed by atoms with E-state index in [1.807, 2.05) is 37.3 Å². The van der Waals surface area contributed by atoms with Crippen LogP contribution >= 0.6 is 11.6 Å². The van der Waals surface area contributed by atoms with Crippen molar-refractivity contribution in [2.24, 2.45) is 0 Å². The number of aliphatic hydroxyl groups excluding tert-OH is 3. The van der Waals surface area contributed by atoms with E-state index in [0.29, 0.717) is 23.6 Å². The van der Waals surface area contributed by atoms with Crippen molar-refractivity contribution in [2.45, 2.75) is 49.6 Å². The number of hydrogen-bond donors (Lipinski definition) is 3. The van der Waals surface area contributed by atoms with Gasteiger partial charge in [-0.05, 0) is 48.2 Å². The molecule has 4 atom stereocenters. The van der Waals surface area contributed by atoms with Crippen LogP contribution in [-0.2, 0) is 21.6 Å². The van der Waals surface area contributed by atoms with E-state index < -0.39 is 35.8 Å². The van der Waals surface area contributed by atoms with Crippen molar-refractivity contribution in [3.63, 3.8) is 0 Å². The van der Waals surface area contributed by atoms with Gasteiger partial charge >= 0.3 is 0 Å². The van der Waals surface area contributed by atoms with Crippen LogP contribution in [0.3, 0.4) is 0 Å². The number of halogens is 1. The van der Waals surface area contributed by atoms with E-state index in [-0.39, 0.29) is 12.8 Å². The zero-order valence-electron chi connectivity index (χ0n) is 16.7. The molecule has 7 heteroatoms. The molecule has 2 fully saturated rings. The molecule has 2 bridgehead atoms. The Bertz CT molecular complexity index is 945. The number of carbonyl (C=O) groups excluding carboxylic acids is 1. The van der Waals surface area contributed by atoms with Crippen molar-refractivity contribution in [3.05, 3.63) is 64.2 Å². The number of carbonyl (C=O) groups is 1. The molecule has 4 rings (SSSR count). The van der Waals surface area contributed by atoms with Crippen molar-refractivity contribution in [1.82, 2.24) is 0 Å². The highest BCUT2D eigenvalue weighted by atomic mass is 35.5. The highest BCUT2D eigenvalue weighted by Gasteiger charge is 2.65. The summed E-state index contributed by atoms with van der Waals surface area (Å²) in [6.07, 6.45) is -2.03. The molecule has 0 spiro atoms. The molecule has 0 aliphatic carbocycles. The average Bonchev–Trinajstić information content (AvgIpc) is 2.99. The summed E-state index contributed by atoms with van der Waals surface area (Å²) in [5.74, 6) is 0.394. The fourth-order valence-electron chi connectivity index (χ4n) is 4.53. The monoisotopic (exact) mass is 432 g/mol. The minimum atomic E-state index is -1.79. The second-order valence-corrected chi connectivity index (χ2v) is 8.43. The molecule has 6 nitrogen and oxygen atoms in total. The molecule has 30 heavy (non-hydrogen) atoms. The Morgan fingerprint density at radius 1 is 1.20 bits per heavy atom. The van der Waals surface area contributed by atoms with Gasteiger partial charge in [-0.2, -0.15) is 0 Å². The number of ether oxygens (including phenoxy) is 2. The Morgan fingerprint density at radius 3 is 2.60 bits per heavy atom. The zero-order chi connectivity index (χ0) is 21.5. The second kappa shape index (κ2) is 7.94. The lowest BCUT2D eigenvalue weighted by molar-refractivity contribution is -0.241. The van der Waals surface area contributed by atoms with Gasteiger partial charge in [0.05, 0.1) is 19.3 Å². The molecular formula is C23H25ClO6. The largest absolute Gasteiger partial charge is 0.494 e. The number of hydrogen-bond acceptors (Lipinski definition) is 6. The van der Waals surface area contributed by atoms with Crippen LogP contribution in [0.5, 0.6) is 5.75 Å². The first-order chi connectivity index (χ1) is 14.3. The van der Waals surface area contributed by atoms with Crippen molar-refractivity contribution in [2.75, 3.05) is 13.2 Å². The first-order valence-electron chi connectivity index (χ1n) is 10.0. The lowest BCUT2D eigenvalue weighted by Crippen LogP contribution is -2.60. The maximum atomic E-state index is 12.7. The number of rotatable bonds is 6. The van der Waals surface area contributed by atoms with Crippen molar-refractivity contribution in [1.29, 1.82) is 0 Å². The van der Waals surface area contributed by atoms with Crippen LogP contribution < -0.4 is 4.74 Å². The molecule has 160 valence electrons. The van der Waals surface area contributed by atoms with Gasteiger partial charge in [-0.1, -0.05) is 35.9 Å². The summed E-state index contributed by atoms with van der Waals surface area (Å²) in [6.45, 7) is 1.85. The van der Waals surface area contributed by atoms with Gasteiger partial charge in [-0.25, -0.2) is 0 Å². The molecule has 1 unspecified atom stereocenters. The third kappa shape index (κ3) is 3.43. The van der Waals surface area contributed by atoms with Crippen LogP contribution in [-0.4, -0.2) is 52.1 Å². The van der Waals surface area contributed by atoms with Gasteiger partial charge in [0.1, 0.15) is 17.5 Å². The Balaban J connectivity index is 1.65. The van der Waals surface area contributed by atoms with Crippen LogP contribution in [0.15, 0.2) is 42.5 Å².